The van der Waals surface area contributed by atoms with Gasteiger partial charge < -0.3 is 9.30 Å². The number of unbranched alkanes of at least 4 members (excludes halogenated alkanes) is 1. The van der Waals surface area contributed by atoms with E-state index in [1.165, 1.54) is 18.9 Å². The van der Waals surface area contributed by atoms with E-state index in [2.05, 4.69) is 24.0 Å². The Morgan fingerprint density at radius 1 is 0.792 bits per heavy atom. The molecule has 4 aromatic rings. The first-order valence-corrected chi connectivity index (χ1v) is 17.7. The van der Waals surface area contributed by atoms with Crippen LogP contribution in [0.15, 0.2) is 91.1 Å². The Labute approximate surface area is 288 Å². The van der Waals surface area contributed by atoms with Crippen LogP contribution in [0, 0.1) is 11.8 Å². The third-order valence-corrected chi connectivity index (χ3v) is 9.50. The van der Waals surface area contributed by atoms with Gasteiger partial charge in [-0.3, -0.25) is 14.4 Å². The van der Waals surface area contributed by atoms with Crippen LogP contribution in [0.2, 0.25) is 0 Å². The molecule has 0 fully saturated rings. The summed E-state index contributed by atoms with van der Waals surface area (Å²) in [6, 6.07) is 27.3. The molecule has 48 heavy (non-hydrogen) atoms. The maximum atomic E-state index is 14.1. The Balaban J connectivity index is 1.54. The lowest BCUT2D eigenvalue weighted by molar-refractivity contribution is -0.120. The van der Waals surface area contributed by atoms with Crippen LogP contribution in [0.1, 0.15) is 89.3 Å². The SMILES string of the molecule is CCCCc1ncc(C(=O)C[C@@H](CC(=O)C[C@H](CSC(C)=O)Cc2ccccc2)Cc2ccccc2)n1Cc1ccc(C(=O)OC)cc1. The Kier molecular flexibility index (Phi) is 14.4. The first-order chi connectivity index (χ1) is 23.2. The second kappa shape index (κ2) is 18.9. The minimum atomic E-state index is -0.397. The predicted molar refractivity (Wildman–Crippen MR) is 191 cm³/mol. The van der Waals surface area contributed by atoms with Crippen molar-refractivity contribution in [3.63, 3.8) is 0 Å². The number of carbonyl (C=O) groups is 4. The summed E-state index contributed by atoms with van der Waals surface area (Å²) in [7, 11) is 1.36. The first-order valence-electron chi connectivity index (χ1n) is 16.7. The number of aromatic nitrogens is 2. The molecule has 0 spiro atoms. The fraction of sp³-hybridized carbons (Fsp3) is 0.375. The predicted octanol–water partition coefficient (Wildman–Crippen LogP) is 7.98. The van der Waals surface area contributed by atoms with Gasteiger partial charge >= 0.3 is 5.97 Å². The molecule has 2 atom stereocenters. The molecule has 252 valence electrons. The number of ether oxygens (including phenoxy) is 1. The molecule has 0 unspecified atom stereocenters. The highest BCUT2D eigenvalue weighted by atomic mass is 32.2. The van der Waals surface area contributed by atoms with Gasteiger partial charge in [-0.25, -0.2) is 9.78 Å². The fourth-order valence-electron chi connectivity index (χ4n) is 6.02. The van der Waals surface area contributed by atoms with Gasteiger partial charge in [0.25, 0.3) is 0 Å². The molecule has 0 amide bonds. The molecule has 0 N–H and O–H groups in total. The maximum Gasteiger partial charge on any atom is 0.337 e. The third-order valence-electron chi connectivity index (χ3n) is 8.46. The van der Waals surface area contributed by atoms with Gasteiger partial charge in [0, 0.05) is 44.9 Å². The van der Waals surface area contributed by atoms with E-state index in [0.717, 1.165) is 48.2 Å². The number of hydrogen-bond acceptors (Lipinski definition) is 7. The summed E-state index contributed by atoms with van der Waals surface area (Å²) in [5.74, 6) is 0.932. The van der Waals surface area contributed by atoms with Crippen LogP contribution >= 0.6 is 11.8 Å². The quantitative estimate of drug-likeness (QED) is 0.0740. The van der Waals surface area contributed by atoms with Crippen LogP contribution in [0.4, 0.5) is 0 Å². The van der Waals surface area contributed by atoms with E-state index in [1.807, 2.05) is 65.2 Å². The molecule has 0 aliphatic heterocycles. The number of carbonyl (C=O) groups excluding carboxylic acids is 4. The summed E-state index contributed by atoms with van der Waals surface area (Å²) < 4.78 is 6.82. The average Bonchev–Trinajstić information content (AvgIpc) is 3.49. The zero-order chi connectivity index (χ0) is 34.3. The lowest BCUT2D eigenvalue weighted by Gasteiger charge is -2.20. The topological polar surface area (TPSA) is 95.3 Å². The Bertz CT molecular complexity index is 1630. The molecular formula is C40H46N2O5S. The molecule has 0 bridgehead atoms. The van der Waals surface area contributed by atoms with Crippen LogP contribution in [0.5, 0.6) is 0 Å². The van der Waals surface area contributed by atoms with Crippen LogP contribution in [-0.4, -0.2) is 45.1 Å². The summed E-state index contributed by atoms with van der Waals surface area (Å²) in [4.78, 5) is 56.2. The van der Waals surface area contributed by atoms with Crippen molar-refractivity contribution in [1.29, 1.82) is 0 Å². The smallest absolute Gasteiger partial charge is 0.337 e. The minimum absolute atomic E-state index is 0.0232. The van der Waals surface area contributed by atoms with E-state index in [4.69, 9.17) is 4.74 Å². The average molecular weight is 667 g/mol. The molecule has 7 nitrogen and oxygen atoms in total. The van der Waals surface area contributed by atoms with E-state index in [9.17, 15) is 19.2 Å². The second-order valence-electron chi connectivity index (χ2n) is 12.4. The van der Waals surface area contributed by atoms with Crippen molar-refractivity contribution < 1.29 is 23.9 Å². The van der Waals surface area contributed by atoms with Crippen LogP contribution in [0.3, 0.4) is 0 Å². The highest BCUT2D eigenvalue weighted by Crippen LogP contribution is 2.25. The lowest BCUT2D eigenvalue weighted by Crippen LogP contribution is -2.21. The molecule has 4 rings (SSSR count). The lowest BCUT2D eigenvalue weighted by atomic mass is 9.86. The summed E-state index contributed by atoms with van der Waals surface area (Å²) in [6.07, 6.45) is 6.54. The first kappa shape index (κ1) is 36.5. The minimum Gasteiger partial charge on any atom is -0.465 e. The second-order valence-corrected chi connectivity index (χ2v) is 13.6. The summed E-state index contributed by atoms with van der Waals surface area (Å²) in [5.41, 5.74) is 4.16. The number of rotatable bonds is 19. The Morgan fingerprint density at radius 3 is 1.98 bits per heavy atom. The van der Waals surface area contributed by atoms with Crippen LogP contribution in [0.25, 0.3) is 0 Å². The number of thioether (sulfide) groups is 1. The number of Topliss-reactive ketones (excluding diaryl/α,β-unsaturated/α-hetero) is 2. The molecule has 1 heterocycles. The monoisotopic (exact) mass is 666 g/mol. The molecule has 1 aromatic heterocycles. The summed E-state index contributed by atoms with van der Waals surface area (Å²) in [6.45, 7) is 4.13. The fourth-order valence-corrected chi connectivity index (χ4v) is 6.73. The van der Waals surface area contributed by atoms with Crippen LogP contribution < -0.4 is 0 Å². The highest BCUT2D eigenvalue weighted by Gasteiger charge is 2.25. The van der Waals surface area contributed by atoms with Crippen molar-refractivity contribution in [3.05, 3.63) is 125 Å². The zero-order valence-electron chi connectivity index (χ0n) is 28.2. The van der Waals surface area contributed by atoms with Gasteiger partial charge in [-0.05, 0) is 59.9 Å². The van der Waals surface area contributed by atoms with Gasteiger partial charge in [0.2, 0.25) is 0 Å². The molecule has 8 heteroatoms. The normalized spacial score (nSPS) is 12.3. The van der Waals surface area contributed by atoms with Gasteiger partial charge in [0.05, 0.1) is 18.9 Å². The van der Waals surface area contributed by atoms with Crippen molar-refractivity contribution in [3.8, 4) is 0 Å². The summed E-state index contributed by atoms with van der Waals surface area (Å²) in [5, 5.41) is 0.0439. The number of ketones is 2. The van der Waals surface area contributed by atoms with Gasteiger partial charge in [0.1, 0.15) is 17.3 Å². The molecule has 0 saturated heterocycles. The van der Waals surface area contributed by atoms with Crippen molar-refractivity contribution in [2.24, 2.45) is 11.8 Å². The molecular weight excluding hydrogens is 621 g/mol. The molecule has 0 saturated carbocycles. The zero-order valence-corrected chi connectivity index (χ0v) is 29.0. The maximum absolute atomic E-state index is 14.1. The largest absolute Gasteiger partial charge is 0.465 e. The number of methoxy groups -OCH3 is 1. The van der Waals surface area contributed by atoms with Crippen molar-refractivity contribution in [1.82, 2.24) is 9.55 Å². The third kappa shape index (κ3) is 11.4. The van der Waals surface area contributed by atoms with E-state index in [1.54, 1.807) is 25.3 Å². The van der Waals surface area contributed by atoms with E-state index >= 15 is 0 Å². The number of benzene rings is 3. The molecule has 0 aliphatic carbocycles. The number of nitrogens with zero attached hydrogens (tertiary/aromatic N) is 2. The van der Waals surface area contributed by atoms with Crippen LogP contribution in [-0.2, 0) is 40.1 Å². The van der Waals surface area contributed by atoms with Gasteiger partial charge in [-0.15, -0.1) is 0 Å². The molecule has 3 aromatic carbocycles. The number of aryl methyl sites for hydroxylation is 1. The van der Waals surface area contributed by atoms with E-state index in [0.29, 0.717) is 36.4 Å². The number of hydrogen-bond donors (Lipinski definition) is 0. The molecule has 0 radical (unpaired) electrons. The highest BCUT2D eigenvalue weighted by molar-refractivity contribution is 8.13. The van der Waals surface area contributed by atoms with Gasteiger partial charge in [-0.1, -0.05) is 97.9 Å². The summed E-state index contributed by atoms with van der Waals surface area (Å²) >= 11 is 1.27. The Morgan fingerprint density at radius 2 is 1.40 bits per heavy atom. The van der Waals surface area contributed by atoms with Crippen molar-refractivity contribution in [2.45, 2.75) is 71.8 Å². The molecule has 0 aliphatic rings. The Hall–Kier alpha value is -4.30. The van der Waals surface area contributed by atoms with Gasteiger partial charge in [-0.2, -0.15) is 0 Å². The van der Waals surface area contributed by atoms with E-state index < -0.39 is 5.97 Å². The number of esters is 1. The van der Waals surface area contributed by atoms with Crippen molar-refractivity contribution >= 4 is 34.4 Å². The number of imidazole rings is 1. The van der Waals surface area contributed by atoms with E-state index in [-0.39, 0.29) is 41.4 Å². The van der Waals surface area contributed by atoms with Gasteiger partial charge in [0.15, 0.2) is 10.9 Å². The standard InChI is InChI=1S/C40H46N2O5S/c1-4-5-16-39-41-26-37(42(39)27-32-17-19-35(20-18-32)40(46)47-3)38(45)25-33(21-30-12-8-6-9-13-30)23-36(44)24-34(28-48-29(2)43)22-31-14-10-7-11-15-31/h6-15,17-20,26,33-34H,4-5,16,21-25,27-28H2,1-3H3/t33-,34-/m1/s1. The van der Waals surface area contributed by atoms with Crippen molar-refractivity contribution in [2.75, 3.05) is 12.9 Å².